The summed E-state index contributed by atoms with van der Waals surface area (Å²) >= 11 is 5.88. The lowest BCUT2D eigenvalue weighted by atomic mass is 10.1. The lowest BCUT2D eigenvalue weighted by Gasteiger charge is -2.08. The van der Waals surface area contributed by atoms with Crippen molar-refractivity contribution in [3.05, 3.63) is 41.4 Å². The van der Waals surface area contributed by atoms with Crippen LogP contribution in [0.2, 0.25) is 5.15 Å². The van der Waals surface area contributed by atoms with Crippen LogP contribution >= 0.6 is 11.6 Å². The van der Waals surface area contributed by atoms with Crippen LogP contribution in [-0.2, 0) is 0 Å². The van der Waals surface area contributed by atoms with Gasteiger partial charge in [0, 0.05) is 17.5 Å². The van der Waals surface area contributed by atoms with Crippen LogP contribution in [-0.4, -0.2) is 17.1 Å². The Morgan fingerprint density at radius 2 is 2.06 bits per heavy atom. The quantitative estimate of drug-likeness (QED) is 0.749. The lowest BCUT2D eigenvalue weighted by Crippen LogP contribution is -1.91. The summed E-state index contributed by atoms with van der Waals surface area (Å²) in [6.45, 7) is 1.94. The van der Waals surface area contributed by atoms with E-state index in [-0.39, 0.29) is 0 Å². The summed E-state index contributed by atoms with van der Waals surface area (Å²) in [7, 11) is 1.61. The third-order valence-corrected chi connectivity index (χ3v) is 2.47. The molecule has 0 saturated heterocycles. The van der Waals surface area contributed by atoms with E-state index in [4.69, 9.17) is 16.3 Å². The zero-order valence-electron chi connectivity index (χ0n) is 9.07. The molecule has 4 heteroatoms. The molecule has 0 fully saturated rings. The van der Waals surface area contributed by atoms with Crippen LogP contribution in [0.3, 0.4) is 0 Å². The van der Waals surface area contributed by atoms with Crippen molar-refractivity contribution in [2.75, 3.05) is 7.11 Å². The summed E-state index contributed by atoms with van der Waals surface area (Å²) in [5.41, 5.74) is 2.90. The molecule has 0 aliphatic heterocycles. The molecular formula is C12H11ClN2O. The molecule has 0 aliphatic rings. The molecule has 2 heterocycles. The standard InChI is InChI=1S/C12H11ClN2O/c1-8-5-9(3-4-14-8)10-6-12(13)15-7-11(10)16-2/h3-7H,1-2H3. The van der Waals surface area contributed by atoms with Crippen molar-refractivity contribution in [1.29, 1.82) is 0 Å². The Kier molecular flexibility index (Phi) is 3.06. The summed E-state index contributed by atoms with van der Waals surface area (Å²) < 4.78 is 5.25. The summed E-state index contributed by atoms with van der Waals surface area (Å²) in [5, 5.41) is 0.449. The third-order valence-electron chi connectivity index (χ3n) is 2.26. The Labute approximate surface area is 99.1 Å². The Morgan fingerprint density at radius 3 is 2.75 bits per heavy atom. The smallest absolute Gasteiger partial charge is 0.145 e. The van der Waals surface area contributed by atoms with Crippen LogP contribution in [0, 0.1) is 6.92 Å². The molecule has 0 atom stereocenters. The number of ether oxygens (including phenoxy) is 1. The number of hydrogen-bond donors (Lipinski definition) is 0. The van der Waals surface area contributed by atoms with Gasteiger partial charge in [0.25, 0.3) is 0 Å². The molecule has 0 saturated carbocycles. The van der Waals surface area contributed by atoms with Crippen LogP contribution in [0.15, 0.2) is 30.6 Å². The monoisotopic (exact) mass is 234 g/mol. The average molecular weight is 235 g/mol. The average Bonchev–Trinajstić information content (AvgIpc) is 2.29. The molecule has 82 valence electrons. The normalized spacial score (nSPS) is 10.2. The Hall–Kier alpha value is -1.61. The SMILES string of the molecule is COc1cnc(Cl)cc1-c1ccnc(C)c1. The number of rotatable bonds is 2. The van der Waals surface area contributed by atoms with E-state index in [1.807, 2.05) is 19.1 Å². The molecule has 0 bridgehead atoms. The molecular weight excluding hydrogens is 224 g/mol. The number of methoxy groups -OCH3 is 1. The molecule has 0 spiro atoms. The van der Waals surface area contributed by atoms with E-state index in [9.17, 15) is 0 Å². The molecule has 2 rings (SSSR count). The molecule has 3 nitrogen and oxygen atoms in total. The van der Waals surface area contributed by atoms with Crippen LogP contribution < -0.4 is 4.74 Å². The second-order valence-corrected chi connectivity index (χ2v) is 3.78. The van der Waals surface area contributed by atoms with Crippen LogP contribution in [0.1, 0.15) is 5.69 Å². The Balaban J connectivity index is 2.58. The zero-order valence-corrected chi connectivity index (χ0v) is 9.82. The summed E-state index contributed by atoms with van der Waals surface area (Å²) in [4.78, 5) is 8.14. The molecule has 0 aromatic carbocycles. The second kappa shape index (κ2) is 4.49. The van der Waals surface area contributed by atoms with Crippen molar-refractivity contribution in [2.24, 2.45) is 0 Å². The van der Waals surface area contributed by atoms with Gasteiger partial charge in [0.15, 0.2) is 0 Å². The van der Waals surface area contributed by atoms with Gasteiger partial charge in [-0.25, -0.2) is 4.98 Å². The second-order valence-electron chi connectivity index (χ2n) is 3.39. The highest BCUT2D eigenvalue weighted by molar-refractivity contribution is 6.29. The van der Waals surface area contributed by atoms with Gasteiger partial charge in [0.05, 0.1) is 13.3 Å². The molecule has 16 heavy (non-hydrogen) atoms. The van der Waals surface area contributed by atoms with Gasteiger partial charge in [-0.15, -0.1) is 0 Å². The first-order valence-electron chi connectivity index (χ1n) is 4.83. The van der Waals surface area contributed by atoms with Gasteiger partial charge in [-0.1, -0.05) is 11.6 Å². The van der Waals surface area contributed by atoms with Crippen molar-refractivity contribution >= 4 is 11.6 Å². The van der Waals surface area contributed by atoms with Gasteiger partial charge >= 0.3 is 0 Å². The fourth-order valence-electron chi connectivity index (χ4n) is 1.52. The molecule has 0 radical (unpaired) electrons. The fourth-order valence-corrected chi connectivity index (χ4v) is 1.68. The molecule has 0 unspecified atom stereocenters. The largest absolute Gasteiger partial charge is 0.494 e. The number of pyridine rings is 2. The van der Waals surface area contributed by atoms with Crippen molar-refractivity contribution in [3.63, 3.8) is 0 Å². The summed E-state index contributed by atoms with van der Waals surface area (Å²) in [5.74, 6) is 0.704. The first kappa shape index (κ1) is 10.9. The predicted octanol–water partition coefficient (Wildman–Crippen LogP) is 3.11. The highest BCUT2D eigenvalue weighted by Gasteiger charge is 2.07. The Bertz CT molecular complexity index is 514. The van der Waals surface area contributed by atoms with Gasteiger partial charge in [-0.3, -0.25) is 4.98 Å². The van der Waals surface area contributed by atoms with Gasteiger partial charge in [-0.2, -0.15) is 0 Å². The molecule has 0 N–H and O–H groups in total. The van der Waals surface area contributed by atoms with E-state index in [0.29, 0.717) is 10.9 Å². The maximum atomic E-state index is 5.88. The number of hydrogen-bond acceptors (Lipinski definition) is 3. The molecule has 0 aliphatic carbocycles. The lowest BCUT2D eigenvalue weighted by molar-refractivity contribution is 0.414. The minimum Gasteiger partial charge on any atom is -0.494 e. The van der Waals surface area contributed by atoms with Gasteiger partial charge in [-0.05, 0) is 30.7 Å². The van der Waals surface area contributed by atoms with Crippen molar-refractivity contribution in [1.82, 2.24) is 9.97 Å². The highest BCUT2D eigenvalue weighted by Crippen LogP contribution is 2.30. The van der Waals surface area contributed by atoms with E-state index >= 15 is 0 Å². The van der Waals surface area contributed by atoms with Gasteiger partial charge in [0.1, 0.15) is 10.9 Å². The number of aromatic nitrogens is 2. The van der Waals surface area contributed by atoms with Crippen LogP contribution in [0.25, 0.3) is 11.1 Å². The maximum absolute atomic E-state index is 5.88. The van der Waals surface area contributed by atoms with Gasteiger partial charge in [0.2, 0.25) is 0 Å². The highest BCUT2D eigenvalue weighted by atomic mass is 35.5. The molecule has 2 aromatic rings. The zero-order chi connectivity index (χ0) is 11.5. The number of nitrogens with zero attached hydrogens (tertiary/aromatic N) is 2. The van der Waals surface area contributed by atoms with E-state index in [1.165, 1.54) is 0 Å². The fraction of sp³-hybridized carbons (Fsp3) is 0.167. The first-order chi connectivity index (χ1) is 7.70. The predicted molar refractivity (Wildman–Crippen MR) is 63.8 cm³/mol. The van der Waals surface area contributed by atoms with Crippen molar-refractivity contribution in [3.8, 4) is 16.9 Å². The first-order valence-corrected chi connectivity index (χ1v) is 5.21. The molecule has 0 amide bonds. The minimum absolute atomic E-state index is 0.449. The minimum atomic E-state index is 0.449. The number of halogens is 1. The van der Waals surface area contributed by atoms with E-state index in [0.717, 1.165) is 16.8 Å². The van der Waals surface area contributed by atoms with Gasteiger partial charge < -0.3 is 4.74 Å². The Morgan fingerprint density at radius 1 is 1.25 bits per heavy atom. The van der Waals surface area contributed by atoms with E-state index in [1.54, 1.807) is 25.6 Å². The number of aryl methyl sites for hydroxylation is 1. The van der Waals surface area contributed by atoms with Crippen molar-refractivity contribution < 1.29 is 4.74 Å². The summed E-state index contributed by atoms with van der Waals surface area (Å²) in [6, 6.07) is 5.69. The topological polar surface area (TPSA) is 35.0 Å². The van der Waals surface area contributed by atoms with Crippen LogP contribution in [0.4, 0.5) is 0 Å². The molecule has 2 aromatic heterocycles. The third kappa shape index (κ3) is 2.14. The maximum Gasteiger partial charge on any atom is 0.145 e. The summed E-state index contributed by atoms with van der Waals surface area (Å²) in [6.07, 6.45) is 3.38. The van der Waals surface area contributed by atoms with E-state index < -0.39 is 0 Å². The van der Waals surface area contributed by atoms with E-state index in [2.05, 4.69) is 9.97 Å². The van der Waals surface area contributed by atoms with Crippen molar-refractivity contribution in [2.45, 2.75) is 6.92 Å². The van der Waals surface area contributed by atoms with Crippen LogP contribution in [0.5, 0.6) is 5.75 Å².